The molecule has 0 aromatic carbocycles. The molecule has 1 aliphatic heterocycles. The van der Waals surface area contributed by atoms with Crippen LogP contribution in [0.1, 0.15) is 39.0 Å². The molecule has 88 valence electrons. The van der Waals surface area contributed by atoms with Crippen molar-refractivity contribution in [3.05, 3.63) is 0 Å². The molecule has 0 radical (unpaired) electrons. The van der Waals surface area contributed by atoms with Crippen molar-refractivity contribution >= 4 is 11.7 Å². The fraction of sp³-hybridized carbons (Fsp3) is 0.846. The van der Waals surface area contributed by atoms with E-state index in [4.69, 9.17) is 0 Å². The summed E-state index contributed by atoms with van der Waals surface area (Å²) >= 11 is 0. The Morgan fingerprint density at radius 3 is 2.56 bits per heavy atom. The highest BCUT2D eigenvalue weighted by Crippen LogP contribution is 2.50. The lowest BCUT2D eigenvalue weighted by atomic mass is 9.83. The Hall–Kier alpha value is -0.860. The summed E-state index contributed by atoms with van der Waals surface area (Å²) < 4.78 is 0. The zero-order chi connectivity index (χ0) is 11.3. The van der Waals surface area contributed by atoms with Crippen LogP contribution in [-0.4, -0.2) is 29.2 Å². The Kier molecular flexibility index (Phi) is 2.30. The number of rotatable bonds is 2. The van der Waals surface area contributed by atoms with Crippen molar-refractivity contribution in [2.75, 3.05) is 6.54 Å². The van der Waals surface area contributed by atoms with E-state index < -0.39 is 0 Å². The monoisotopic (exact) mass is 221 g/mol. The Morgan fingerprint density at radius 2 is 2.06 bits per heavy atom. The van der Waals surface area contributed by atoms with Crippen molar-refractivity contribution in [3.8, 4) is 0 Å². The molecule has 1 saturated heterocycles. The van der Waals surface area contributed by atoms with Crippen molar-refractivity contribution in [1.82, 2.24) is 4.90 Å². The lowest BCUT2D eigenvalue weighted by Crippen LogP contribution is -2.41. The highest BCUT2D eigenvalue weighted by Gasteiger charge is 2.45. The minimum absolute atomic E-state index is 0.0558. The number of fused-ring (bicyclic) bond motifs is 2. The van der Waals surface area contributed by atoms with E-state index in [1.54, 1.807) is 0 Å². The number of Topliss-reactive ketones (excluding diaryl/α,β-unsaturated/α-hetero) is 1. The Labute approximate surface area is 96.2 Å². The molecule has 2 aliphatic carbocycles. The minimum atomic E-state index is 0.0558. The molecule has 4 unspecified atom stereocenters. The van der Waals surface area contributed by atoms with Gasteiger partial charge in [-0.1, -0.05) is 6.42 Å². The molecular formula is C13H19NO2. The molecule has 2 bridgehead atoms. The lowest BCUT2D eigenvalue weighted by Gasteiger charge is -2.34. The van der Waals surface area contributed by atoms with E-state index in [1.165, 1.54) is 25.7 Å². The predicted octanol–water partition coefficient (Wildman–Crippen LogP) is 1.61. The van der Waals surface area contributed by atoms with Gasteiger partial charge in [-0.2, -0.15) is 0 Å². The Morgan fingerprint density at radius 1 is 1.25 bits per heavy atom. The Bertz CT molecular complexity index is 339. The van der Waals surface area contributed by atoms with Gasteiger partial charge < -0.3 is 4.90 Å². The van der Waals surface area contributed by atoms with E-state index in [2.05, 4.69) is 6.92 Å². The standard InChI is InChI=1S/C13H19NO2/c1-8(14-7-11(15)6-13(14)16)12-5-9-2-3-10(12)4-9/h8-10,12H,2-7H2,1H3. The van der Waals surface area contributed by atoms with Crippen LogP contribution in [0, 0.1) is 17.8 Å². The smallest absolute Gasteiger partial charge is 0.230 e. The van der Waals surface area contributed by atoms with Crippen molar-refractivity contribution < 1.29 is 9.59 Å². The van der Waals surface area contributed by atoms with Gasteiger partial charge in [0, 0.05) is 6.04 Å². The fourth-order valence-corrected chi connectivity index (χ4v) is 4.09. The van der Waals surface area contributed by atoms with Crippen LogP contribution >= 0.6 is 0 Å². The summed E-state index contributed by atoms with van der Waals surface area (Å²) in [5, 5.41) is 0. The average molecular weight is 221 g/mol. The summed E-state index contributed by atoms with van der Waals surface area (Å²) in [6, 6.07) is 0.286. The number of hydrogen-bond donors (Lipinski definition) is 0. The maximum Gasteiger partial charge on any atom is 0.230 e. The second-order valence-electron chi connectivity index (χ2n) is 5.82. The summed E-state index contributed by atoms with van der Waals surface area (Å²) in [7, 11) is 0. The zero-order valence-corrected chi connectivity index (χ0v) is 9.82. The first-order chi connectivity index (χ1) is 7.65. The van der Waals surface area contributed by atoms with E-state index in [0.29, 0.717) is 12.5 Å². The van der Waals surface area contributed by atoms with Gasteiger partial charge in [-0.3, -0.25) is 9.59 Å². The van der Waals surface area contributed by atoms with Crippen LogP contribution in [0.5, 0.6) is 0 Å². The molecule has 1 amide bonds. The van der Waals surface area contributed by atoms with Crippen molar-refractivity contribution in [2.45, 2.75) is 45.1 Å². The summed E-state index contributed by atoms with van der Waals surface area (Å²) in [4.78, 5) is 24.8. The van der Waals surface area contributed by atoms with Gasteiger partial charge in [0.05, 0.1) is 13.0 Å². The van der Waals surface area contributed by atoms with Crippen LogP contribution in [0.2, 0.25) is 0 Å². The molecule has 2 saturated carbocycles. The second kappa shape index (κ2) is 3.57. The Balaban J connectivity index is 1.71. The molecule has 4 atom stereocenters. The molecule has 3 nitrogen and oxygen atoms in total. The SMILES string of the molecule is CC(C1CC2CCC1C2)N1CC(=O)CC1=O. The molecule has 1 heterocycles. The van der Waals surface area contributed by atoms with Gasteiger partial charge >= 0.3 is 0 Å². The zero-order valence-electron chi connectivity index (χ0n) is 9.82. The van der Waals surface area contributed by atoms with Gasteiger partial charge in [-0.25, -0.2) is 0 Å². The first-order valence-electron chi connectivity index (χ1n) is 6.46. The van der Waals surface area contributed by atoms with Crippen LogP contribution in [0.4, 0.5) is 0 Å². The van der Waals surface area contributed by atoms with Crippen LogP contribution < -0.4 is 0 Å². The van der Waals surface area contributed by atoms with Crippen LogP contribution in [-0.2, 0) is 9.59 Å². The van der Waals surface area contributed by atoms with Crippen molar-refractivity contribution in [1.29, 1.82) is 0 Å². The highest BCUT2D eigenvalue weighted by molar-refractivity contribution is 6.05. The largest absolute Gasteiger partial charge is 0.332 e. The first kappa shape index (κ1) is 10.3. The van der Waals surface area contributed by atoms with Crippen LogP contribution in [0.3, 0.4) is 0 Å². The number of carbonyl (C=O) groups is 2. The van der Waals surface area contributed by atoms with E-state index in [9.17, 15) is 9.59 Å². The molecular weight excluding hydrogens is 202 g/mol. The molecule has 3 fully saturated rings. The lowest BCUT2D eigenvalue weighted by molar-refractivity contribution is -0.130. The third kappa shape index (κ3) is 1.48. The van der Waals surface area contributed by atoms with Crippen LogP contribution in [0.25, 0.3) is 0 Å². The molecule has 16 heavy (non-hydrogen) atoms. The molecule has 3 rings (SSSR count). The molecule has 3 aliphatic rings. The molecule has 0 aromatic rings. The molecule has 3 heteroatoms. The minimum Gasteiger partial charge on any atom is -0.332 e. The second-order valence-corrected chi connectivity index (χ2v) is 5.82. The summed E-state index contributed by atoms with van der Waals surface area (Å²) in [6.45, 7) is 2.51. The number of hydrogen-bond acceptors (Lipinski definition) is 2. The number of nitrogens with zero attached hydrogens (tertiary/aromatic N) is 1. The molecule has 0 spiro atoms. The van der Waals surface area contributed by atoms with Crippen LogP contribution in [0.15, 0.2) is 0 Å². The summed E-state index contributed by atoms with van der Waals surface area (Å²) in [5.41, 5.74) is 0. The van der Waals surface area contributed by atoms with Gasteiger partial charge in [0.15, 0.2) is 5.78 Å². The number of amides is 1. The van der Waals surface area contributed by atoms with Gasteiger partial charge in [0.25, 0.3) is 0 Å². The summed E-state index contributed by atoms with van der Waals surface area (Å²) in [5.74, 6) is 2.54. The van der Waals surface area contributed by atoms with E-state index in [1.807, 2.05) is 4.90 Å². The number of likely N-dealkylation sites (tertiary alicyclic amines) is 1. The highest BCUT2D eigenvalue weighted by atomic mass is 16.2. The third-order valence-corrected chi connectivity index (χ3v) is 4.92. The number of carbonyl (C=O) groups excluding carboxylic acids is 2. The van der Waals surface area contributed by atoms with Crippen molar-refractivity contribution in [3.63, 3.8) is 0 Å². The van der Waals surface area contributed by atoms with E-state index in [0.717, 1.165) is 11.8 Å². The number of ketones is 1. The molecule has 0 aromatic heterocycles. The summed E-state index contributed by atoms with van der Waals surface area (Å²) in [6.07, 6.45) is 5.52. The van der Waals surface area contributed by atoms with Gasteiger partial charge in [0.2, 0.25) is 5.91 Å². The van der Waals surface area contributed by atoms with Crippen molar-refractivity contribution in [2.24, 2.45) is 17.8 Å². The fourth-order valence-electron chi connectivity index (χ4n) is 4.09. The first-order valence-corrected chi connectivity index (χ1v) is 6.46. The van der Waals surface area contributed by atoms with E-state index in [-0.39, 0.29) is 24.2 Å². The molecule has 0 N–H and O–H groups in total. The maximum absolute atomic E-state index is 11.7. The quantitative estimate of drug-likeness (QED) is 0.664. The van der Waals surface area contributed by atoms with E-state index >= 15 is 0 Å². The van der Waals surface area contributed by atoms with Gasteiger partial charge in [0.1, 0.15) is 0 Å². The maximum atomic E-state index is 11.7. The topological polar surface area (TPSA) is 37.4 Å². The van der Waals surface area contributed by atoms with Gasteiger partial charge in [-0.15, -0.1) is 0 Å². The predicted molar refractivity (Wildman–Crippen MR) is 59.7 cm³/mol. The average Bonchev–Trinajstić information content (AvgIpc) is 2.91. The normalized spacial score (nSPS) is 39.8. The third-order valence-electron chi connectivity index (χ3n) is 4.92. The van der Waals surface area contributed by atoms with Gasteiger partial charge in [-0.05, 0) is 43.9 Å².